The van der Waals surface area contributed by atoms with Crippen molar-refractivity contribution < 1.29 is 9.53 Å². The SMILES string of the molecule is COC(=O)C(C)n1c(CCCl)nc2cc(C)cnc21. The molecule has 1 atom stereocenters. The number of hydrogen-bond acceptors (Lipinski definition) is 4. The Labute approximate surface area is 116 Å². The van der Waals surface area contributed by atoms with Gasteiger partial charge < -0.3 is 4.74 Å². The number of halogens is 1. The molecule has 19 heavy (non-hydrogen) atoms. The Morgan fingerprint density at radius 3 is 2.95 bits per heavy atom. The van der Waals surface area contributed by atoms with Crippen LogP contribution in [0.5, 0.6) is 0 Å². The fourth-order valence-electron chi connectivity index (χ4n) is 2.07. The molecule has 6 heteroatoms. The molecule has 2 aromatic rings. The number of alkyl halides is 1. The van der Waals surface area contributed by atoms with Crippen LogP contribution in [0, 0.1) is 6.92 Å². The van der Waals surface area contributed by atoms with Crippen molar-refractivity contribution in [2.24, 2.45) is 0 Å². The van der Waals surface area contributed by atoms with E-state index in [2.05, 4.69) is 9.97 Å². The Kier molecular flexibility index (Phi) is 4.04. The van der Waals surface area contributed by atoms with Crippen LogP contribution in [0.1, 0.15) is 24.4 Å². The summed E-state index contributed by atoms with van der Waals surface area (Å²) >= 11 is 5.80. The van der Waals surface area contributed by atoms with Gasteiger partial charge in [0.15, 0.2) is 5.65 Å². The van der Waals surface area contributed by atoms with E-state index in [1.165, 1.54) is 7.11 Å². The van der Waals surface area contributed by atoms with E-state index in [9.17, 15) is 4.79 Å². The maximum absolute atomic E-state index is 11.7. The molecule has 2 aromatic heterocycles. The summed E-state index contributed by atoms with van der Waals surface area (Å²) < 4.78 is 6.59. The van der Waals surface area contributed by atoms with Crippen LogP contribution >= 0.6 is 11.6 Å². The number of rotatable bonds is 4. The number of ether oxygens (including phenoxy) is 1. The molecule has 0 bridgehead atoms. The van der Waals surface area contributed by atoms with Crippen LogP contribution in [0.25, 0.3) is 11.2 Å². The standard InChI is InChI=1S/C13H16ClN3O2/c1-8-6-10-12(15-7-8)17(9(2)13(18)19-3)11(16-10)4-5-14/h6-7,9H,4-5H2,1-3H3. The van der Waals surface area contributed by atoms with Gasteiger partial charge >= 0.3 is 5.97 Å². The topological polar surface area (TPSA) is 57.0 Å². The van der Waals surface area contributed by atoms with Crippen molar-refractivity contribution in [1.29, 1.82) is 0 Å². The molecule has 0 aromatic carbocycles. The molecule has 0 saturated carbocycles. The van der Waals surface area contributed by atoms with Gasteiger partial charge in [0.2, 0.25) is 0 Å². The lowest BCUT2D eigenvalue weighted by Crippen LogP contribution is -2.20. The third-order valence-electron chi connectivity index (χ3n) is 2.99. The lowest BCUT2D eigenvalue weighted by Gasteiger charge is -2.14. The van der Waals surface area contributed by atoms with Crippen LogP contribution < -0.4 is 0 Å². The second kappa shape index (κ2) is 5.57. The molecule has 0 fully saturated rings. The van der Waals surface area contributed by atoms with E-state index >= 15 is 0 Å². The Balaban J connectivity index is 2.61. The molecule has 0 aliphatic carbocycles. The lowest BCUT2D eigenvalue weighted by atomic mass is 10.3. The average Bonchev–Trinajstić information content (AvgIpc) is 2.74. The van der Waals surface area contributed by atoms with E-state index in [1.807, 2.05) is 13.0 Å². The number of aryl methyl sites for hydroxylation is 2. The van der Waals surface area contributed by atoms with Crippen LogP contribution in [0.15, 0.2) is 12.3 Å². The molecule has 2 rings (SSSR count). The van der Waals surface area contributed by atoms with Crippen LogP contribution in [-0.2, 0) is 16.0 Å². The molecule has 0 aliphatic heterocycles. The monoisotopic (exact) mass is 281 g/mol. The Morgan fingerprint density at radius 2 is 2.32 bits per heavy atom. The maximum Gasteiger partial charge on any atom is 0.328 e. The number of imidazole rings is 1. The van der Waals surface area contributed by atoms with E-state index in [0.717, 1.165) is 16.9 Å². The van der Waals surface area contributed by atoms with E-state index in [-0.39, 0.29) is 5.97 Å². The van der Waals surface area contributed by atoms with E-state index in [4.69, 9.17) is 16.3 Å². The van der Waals surface area contributed by atoms with Crippen molar-refractivity contribution in [3.8, 4) is 0 Å². The van der Waals surface area contributed by atoms with Crippen LogP contribution in [0.3, 0.4) is 0 Å². The van der Waals surface area contributed by atoms with Crippen molar-refractivity contribution >= 4 is 28.7 Å². The first-order chi connectivity index (χ1) is 9.08. The highest BCUT2D eigenvalue weighted by Gasteiger charge is 2.22. The predicted octanol–water partition coefficient (Wildman–Crippen LogP) is 2.26. The second-order valence-corrected chi connectivity index (χ2v) is 4.77. The minimum atomic E-state index is -0.469. The Bertz CT molecular complexity index is 609. The summed E-state index contributed by atoms with van der Waals surface area (Å²) in [4.78, 5) is 20.6. The molecule has 0 amide bonds. The van der Waals surface area contributed by atoms with E-state index < -0.39 is 6.04 Å². The molecule has 5 nitrogen and oxygen atoms in total. The van der Waals surface area contributed by atoms with E-state index in [0.29, 0.717) is 17.9 Å². The van der Waals surface area contributed by atoms with Gasteiger partial charge in [0.1, 0.15) is 17.4 Å². The summed E-state index contributed by atoms with van der Waals surface area (Å²) in [5.74, 6) is 0.870. The smallest absolute Gasteiger partial charge is 0.328 e. The number of hydrogen-bond donors (Lipinski definition) is 0. The zero-order chi connectivity index (χ0) is 14.0. The molecule has 1 unspecified atom stereocenters. The van der Waals surface area contributed by atoms with Gasteiger partial charge in [-0.3, -0.25) is 4.57 Å². The molecule has 102 valence electrons. The largest absolute Gasteiger partial charge is 0.467 e. The fourth-order valence-corrected chi connectivity index (χ4v) is 2.24. The first-order valence-corrected chi connectivity index (χ1v) is 6.59. The summed E-state index contributed by atoms with van der Waals surface area (Å²) in [6.07, 6.45) is 2.34. The molecule has 0 saturated heterocycles. The van der Waals surface area contributed by atoms with Crippen molar-refractivity contribution in [3.05, 3.63) is 23.7 Å². The third kappa shape index (κ3) is 2.56. The van der Waals surface area contributed by atoms with Gasteiger partial charge in [-0.2, -0.15) is 0 Å². The molecular weight excluding hydrogens is 266 g/mol. The number of nitrogens with zero attached hydrogens (tertiary/aromatic N) is 3. The zero-order valence-corrected chi connectivity index (χ0v) is 11.9. The average molecular weight is 282 g/mol. The Morgan fingerprint density at radius 1 is 1.58 bits per heavy atom. The minimum absolute atomic E-state index is 0.322. The van der Waals surface area contributed by atoms with Crippen molar-refractivity contribution in [2.75, 3.05) is 13.0 Å². The van der Waals surface area contributed by atoms with Gasteiger partial charge in [-0.05, 0) is 25.5 Å². The molecule has 0 N–H and O–H groups in total. The van der Waals surface area contributed by atoms with Gasteiger partial charge in [0.25, 0.3) is 0 Å². The minimum Gasteiger partial charge on any atom is -0.467 e. The zero-order valence-electron chi connectivity index (χ0n) is 11.2. The first kappa shape index (κ1) is 13.8. The fraction of sp³-hybridized carbons (Fsp3) is 0.462. The third-order valence-corrected chi connectivity index (χ3v) is 3.18. The normalized spacial score (nSPS) is 12.6. The molecule has 0 aliphatic rings. The second-order valence-electron chi connectivity index (χ2n) is 4.39. The highest BCUT2D eigenvalue weighted by Crippen LogP contribution is 2.21. The van der Waals surface area contributed by atoms with Gasteiger partial charge in [0.05, 0.1) is 7.11 Å². The van der Waals surface area contributed by atoms with E-state index in [1.54, 1.807) is 17.7 Å². The molecular formula is C13H16ClN3O2. The van der Waals surface area contributed by atoms with Gasteiger partial charge in [-0.25, -0.2) is 14.8 Å². The van der Waals surface area contributed by atoms with Crippen LogP contribution in [-0.4, -0.2) is 33.5 Å². The highest BCUT2D eigenvalue weighted by atomic mass is 35.5. The quantitative estimate of drug-likeness (QED) is 0.637. The number of carbonyl (C=O) groups is 1. The number of fused-ring (bicyclic) bond motifs is 1. The molecule has 0 radical (unpaired) electrons. The first-order valence-electron chi connectivity index (χ1n) is 6.05. The summed E-state index contributed by atoms with van der Waals surface area (Å²) in [5, 5.41) is 0. The predicted molar refractivity (Wildman–Crippen MR) is 73.4 cm³/mol. The maximum atomic E-state index is 11.7. The summed E-state index contributed by atoms with van der Waals surface area (Å²) in [6, 6.07) is 1.48. The summed E-state index contributed by atoms with van der Waals surface area (Å²) in [6.45, 7) is 3.72. The van der Waals surface area contributed by atoms with Gasteiger partial charge in [-0.1, -0.05) is 0 Å². The number of pyridine rings is 1. The van der Waals surface area contributed by atoms with Crippen LogP contribution in [0.4, 0.5) is 0 Å². The Hall–Kier alpha value is -1.62. The number of aromatic nitrogens is 3. The van der Waals surface area contributed by atoms with Crippen molar-refractivity contribution in [1.82, 2.24) is 14.5 Å². The van der Waals surface area contributed by atoms with Crippen LogP contribution in [0.2, 0.25) is 0 Å². The van der Waals surface area contributed by atoms with Crippen molar-refractivity contribution in [2.45, 2.75) is 26.3 Å². The summed E-state index contributed by atoms with van der Waals surface area (Å²) in [5.41, 5.74) is 2.49. The number of esters is 1. The highest BCUT2D eigenvalue weighted by molar-refractivity contribution is 6.17. The number of carbonyl (C=O) groups excluding carboxylic acids is 1. The number of methoxy groups -OCH3 is 1. The molecule has 2 heterocycles. The molecule has 0 spiro atoms. The summed E-state index contributed by atoms with van der Waals surface area (Å²) in [7, 11) is 1.37. The van der Waals surface area contributed by atoms with Gasteiger partial charge in [-0.15, -0.1) is 11.6 Å². The van der Waals surface area contributed by atoms with Crippen molar-refractivity contribution in [3.63, 3.8) is 0 Å². The lowest BCUT2D eigenvalue weighted by molar-refractivity contribution is -0.144. The van der Waals surface area contributed by atoms with Gasteiger partial charge in [0, 0.05) is 18.5 Å².